The Morgan fingerprint density at radius 2 is 2.33 bits per heavy atom. The predicted molar refractivity (Wildman–Crippen MR) is 76.0 cm³/mol. The summed E-state index contributed by atoms with van der Waals surface area (Å²) < 4.78 is 1.62. The number of hydrazone groups is 1. The van der Waals surface area contributed by atoms with Crippen LogP contribution < -0.4 is 11.2 Å². The highest BCUT2D eigenvalue weighted by Gasteiger charge is 2.25. The number of aromatic hydroxyl groups is 1. The van der Waals surface area contributed by atoms with Gasteiger partial charge >= 0.3 is 5.11 Å². The number of thiocarbonyl (C=S) groups is 1. The molecule has 0 aliphatic carbocycles. The van der Waals surface area contributed by atoms with Crippen LogP contribution >= 0.6 is 12.2 Å². The number of nitrogen functional groups attached to an aromatic ring is 1. The van der Waals surface area contributed by atoms with Gasteiger partial charge in [-0.2, -0.15) is 5.43 Å². The van der Waals surface area contributed by atoms with Crippen molar-refractivity contribution in [2.45, 2.75) is 19.8 Å². The monoisotopic (exact) mass is 263 g/mol. The summed E-state index contributed by atoms with van der Waals surface area (Å²) in [5.41, 5.74) is 9.80. The van der Waals surface area contributed by atoms with Crippen LogP contribution in [0.3, 0.4) is 0 Å². The molecule has 0 saturated carbocycles. The van der Waals surface area contributed by atoms with Gasteiger partial charge in [0.25, 0.3) is 5.84 Å². The highest BCUT2D eigenvalue weighted by Crippen LogP contribution is 2.18. The lowest BCUT2D eigenvalue weighted by atomic mass is 10.2. The number of nitrogens with two attached hydrogens (primary N) is 1. The quantitative estimate of drug-likeness (QED) is 0.438. The Morgan fingerprint density at radius 3 is 3.00 bits per heavy atom. The Labute approximate surface area is 111 Å². The van der Waals surface area contributed by atoms with Crippen molar-refractivity contribution >= 4 is 35.1 Å². The first-order chi connectivity index (χ1) is 8.60. The molecular formula is C12H15N4OS+. The number of phenolic OH excluding ortho intramolecular Hbond substituents is 1. The van der Waals surface area contributed by atoms with E-state index in [9.17, 15) is 5.11 Å². The first-order valence-corrected chi connectivity index (χ1v) is 6.11. The van der Waals surface area contributed by atoms with E-state index in [1.54, 1.807) is 23.0 Å². The summed E-state index contributed by atoms with van der Waals surface area (Å²) in [5, 5.41) is 10.2. The molecule has 1 heterocycles. The van der Waals surface area contributed by atoms with Crippen molar-refractivity contribution in [1.29, 1.82) is 0 Å². The smallest absolute Gasteiger partial charge is 0.418 e. The van der Waals surface area contributed by atoms with Gasteiger partial charge in [-0.3, -0.25) is 0 Å². The zero-order valence-corrected chi connectivity index (χ0v) is 10.9. The summed E-state index contributed by atoms with van der Waals surface area (Å²) >= 11 is 5.14. The molecule has 5 nitrogen and oxygen atoms in total. The van der Waals surface area contributed by atoms with Crippen molar-refractivity contribution in [3.8, 4) is 5.75 Å². The number of nitrogens with zero attached hydrogens (tertiary/aromatic N) is 2. The van der Waals surface area contributed by atoms with E-state index in [2.05, 4.69) is 17.3 Å². The second-order valence-electron chi connectivity index (χ2n) is 4.02. The van der Waals surface area contributed by atoms with Gasteiger partial charge in [-0.05, 0) is 23.5 Å². The lowest BCUT2D eigenvalue weighted by molar-refractivity contribution is -0.442. The van der Waals surface area contributed by atoms with E-state index < -0.39 is 0 Å². The second kappa shape index (κ2) is 5.14. The minimum atomic E-state index is 0.114. The molecule has 0 spiro atoms. The fourth-order valence-corrected chi connectivity index (χ4v) is 1.83. The number of rotatable bonds is 3. The molecule has 0 saturated heterocycles. The molecule has 0 aromatic heterocycles. The van der Waals surface area contributed by atoms with Crippen LogP contribution in [0.2, 0.25) is 0 Å². The summed E-state index contributed by atoms with van der Waals surface area (Å²) in [4.78, 5) is 4.23. The van der Waals surface area contributed by atoms with E-state index in [1.165, 1.54) is 6.07 Å². The third-order valence-corrected chi connectivity index (χ3v) is 2.78. The van der Waals surface area contributed by atoms with Crippen molar-refractivity contribution in [2.24, 2.45) is 4.99 Å². The van der Waals surface area contributed by atoms with Crippen LogP contribution in [-0.4, -0.2) is 27.0 Å². The van der Waals surface area contributed by atoms with Crippen molar-refractivity contribution in [2.75, 3.05) is 5.73 Å². The van der Waals surface area contributed by atoms with Gasteiger partial charge in [-0.1, -0.05) is 6.92 Å². The molecule has 1 aromatic carbocycles. The van der Waals surface area contributed by atoms with Crippen molar-refractivity contribution in [3.05, 3.63) is 23.8 Å². The first-order valence-electron chi connectivity index (χ1n) is 5.71. The number of hydrazine groups is 1. The third-order valence-electron chi connectivity index (χ3n) is 2.50. The average Bonchev–Trinajstić information content (AvgIpc) is 2.64. The van der Waals surface area contributed by atoms with E-state index in [0.29, 0.717) is 16.4 Å². The van der Waals surface area contributed by atoms with E-state index in [1.807, 2.05) is 0 Å². The van der Waals surface area contributed by atoms with E-state index in [0.717, 1.165) is 18.7 Å². The van der Waals surface area contributed by atoms with Crippen LogP contribution in [0.5, 0.6) is 5.75 Å². The average molecular weight is 263 g/mol. The number of hydrogen-bond acceptors (Lipinski definition) is 4. The third kappa shape index (κ3) is 2.65. The van der Waals surface area contributed by atoms with Gasteiger partial charge < -0.3 is 10.8 Å². The Kier molecular flexibility index (Phi) is 3.57. The Hall–Kier alpha value is -1.95. The summed E-state index contributed by atoms with van der Waals surface area (Å²) in [7, 11) is 0. The number of aliphatic imine (C=N–C) groups is 1. The van der Waals surface area contributed by atoms with Crippen molar-refractivity contribution < 1.29 is 9.79 Å². The van der Waals surface area contributed by atoms with Gasteiger partial charge in [0.15, 0.2) is 0 Å². The molecule has 0 amide bonds. The summed E-state index contributed by atoms with van der Waals surface area (Å²) in [6.45, 7) is 2.07. The molecule has 6 heteroatoms. The minimum absolute atomic E-state index is 0.114. The summed E-state index contributed by atoms with van der Waals surface area (Å²) in [5.74, 6) is 0.956. The standard InChI is InChI=1S/C12H14N4OS/c1-2-3-11-14-12(18)16(15-11)7-8-4-5-9(13)6-10(8)17/h4-7H,2-3H2,1H3,(H3,13,14,15,17,18)/p+1. The topological polar surface area (TPSA) is 73.7 Å². The highest BCUT2D eigenvalue weighted by molar-refractivity contribution is 7.80. The zero-order valence-electron chi connectivity index (χ0n) is 10.1. The number of anilines is 1. The molecule has 4 N–H and O–H groups in total. The van der Waals surface area contributed by atoms with Crippen LogP contribution in [0, 0.1) is 0 Å². The van der Waals surface area contributed by atoms with Crippen molar-refractivity contribution in [3.63, 3.8) is 0 Å². The molecule has 0 radical (unpaired) electrons. The Bertz CT molecular complexity index is 551. The van der Waals surface area contributed by atoms with Crippen LogP contribution in [0.15, 0.2) is 23.2 Å². The predicted octanol–water partition coefficient (Wildman–Crippen LogP) is 1.41. The molecule has 94 valence electrons. The van der Waals surface area contributed by atoms with Gasteiger partial charge in [0.1, 0.15) is 12.0 Å². The Morgan fingerprint density at radius 1 is 1.56 bits per heavy atom. The second-order valence-corrected chi connectivity index (χ2v) is 4.39. The van der Waals surface area contributed by atoms with Gasteiger partial charge in [0.05, 0.1) is 5.56 Å². The SMILES string of the molecule is CCCC1=NC(=S)[N+](=Cc2ccc(N)cc2O)N1. The summed E-state index contributed by atoms with van der Waals surface area (Å²) in [6, 6.07) is 4.95. The van der Waals surface area contributed by atoms with Crippen molar-refractivity contribution in [1.82, 2.24) is 5.43 Å². The highest BCUT2D eigenvalue weighted by atomic mass is 32.1. The number of hydrogen-bond donors (Lipinski definition) is 3. The van der Waals surface area contributed by atoms with E-state index >= 15 is 0 Å². The molecule has 18 heavy (non-hydrogen) atoms. The first kappa shape index (κ1) is 12.5. The maximum Gasteiger partial charge on any atom is 0.418 e. The van der Waals surface area contributed by atoms with Crippen LogP contribution in [-0.2, 0) is 0 Å². The molecule has 1 aliphatic rings. The summed E-state index contributed by atoms with van der Waals surface area (Å²) in [6.07, 6.45) is 3.54. The number of phenols is 1. The molecular weight excluding hydrogens is 248 g/mol. The fourth-order valence-electron chi connectivity index (χ4n) is 1.63. The zero-order chi connectivity index (χ0) is 13.1. The largest absolute Gasteiger partial charge is 0.507 e. The number of nitrogens with one attached hydrogen (secondary N) is 1. The van der Waals surface area contributed by atoms with Gasteiger partial charge in [0.2, 0.25) is 0 Å². The molecule has 1 aliphatic heterocycles. The van der Waals surface area contributed by atoms with E-state index in [-0.39, 0.29) is 5.75 Å². The maximum atomic E-state index is 9.76. The molecule has 2 rings (SSSR count). The number of benzene rings is 1. The lowest BCUT2D eigenvalue weighted by Gasteiger charge is -2.01. The molecule has 0 unspecified atom stereocenters. The van der Waals surface area contributed by atoms with Crippen LogP contribution in [0.1, 0.15) is 25.3 Å². The molecule has 0 bridgehead atoms. The number of amidine groups is 1. The maximum absolute atomic E-state index is 9.76. The Balaban J connectivity index is 2.23. The van der Waals surface area contributed by atoms with Crippen LogP contribution in [0.4, 0.5) is 5.69 Å². The van der Waals surface area contributed by atoms with E-state index in [4.69, 9.17) is 18.0 Å². The van der Waals surface area contributed by atoms with Gasteiger partial charge in [0, 0.05) is 30.4 Å². The normalized spacial score (nSPS) is 16.8. The molecule has 0 fully saturated rings. The van der Waals surface area contributed by atoms with Gasteiger partial charge in [-0.15, -0.1) is 4.68 Å². The molecule has 0 atom stereocenters. The van der Waals surface area contributed by atoms with Crippen LogP contribution in [0.25, 0.3) is 0 Å². The fraction of sp³-hybridized carbons (Fsp3) is 0.250. The lowest BCUT2D eigenvalue weighted by Crippen LogP contribution is -2.30. The van der Waals surface area contributed by atoms with Gasteiger partial charge in [-0.25, -0.2) is 0 Å². The molecule has 1 aromatic rings. The minimum Gasteiger partial charge on any atom is -0.507 e.